The Balaban J connectivity index is 2.05. The molecule has 0 saturated carbocycles. The van der Waals surface area contributed by atoms with E-state index in [2.05, 4.69) is 0 Å². The fraction of sp³-hybridized carbons (Fsp3) is 0.429. The van der Waals surface area contributed by atoms with Crippen LogP contribution >= 0.6 is 11.8 Å². The summed E-state index contributed by atoms with van der Waals surface area (Å²) in [5.74, 6) is -6.06. The molecule has 0 bridgehead atoms. The Labute approximate surface area is 183 Å². The average Bonchev–Trinajstić information content (AvgIpc) is 2.82. The lowest BCUT2D eigenvalue weighted by Gasteiger charge is -2.51. The number of benzene rings is 1. The van der Waals surface area contributed by atoms with Gasteiger partial charge in [-0.05, 0) is 12.1 Å². The number of carbonyl (C=O) groups excluding carboxylic acids is 4. The average molecular weight is 450 g/mol. The fourth-order valence-corrected chi connectivity index (χ4v) is 4.83. The summed E-state index contributed by atoms with van der Waals surface area (Å²) in [5, 5.41) is 0. The van der Waals surface area contributed by atoms with Crippen LogP contribution in [0.5, 0.6) is 0 Å². The molecule has 1 aromatic rings. The highest BCUT2D eigenvalue weighted by Crippen LogP contribution is 2.61. The largest absolute Gasteiger partial charge is 0.465 e. The topological polar surface area (TPSA) is 114 Å². The lowest BCUT2D eigenvalue weighted by molar-refractivity contribution is -0.351. The second-order valence-corrected chi connectivity index (χ2v) is 8.15. The third kappa shape index (κ3) is 4.75. The van der Waals surface area contributed by atoms with Crippen molar-refractivity contribution in [1.29, 1.82) is 0 Å². The molecule has 4 atom stereocenters. The summed E-state index contributed by atoms with van der Waals surface area (Å²) in [6.45, 7) is 4.48. The molecule has 3 rings (SSSR count). The summed E-state index contributed by atoms with van der Waals surface area (Å²) in [6, 6.07) is 9.31. The van der Waals surface area contributed by atoms with Crippen molar-refractivity contribution in [3.8, 4) is 0 Å². The molecular formula is C21H22O9S. The van der Waals surface area contributed by atoms with Gasteiger partial charge in [0.05, 0.1) is 0 Å². The van der Waals surface area contributed by atoms with Gasteiger partial charge >= 0.3 is 23.9 Å². The number of thioether (sulfide) groups is 1. The Morgan fingerprint density at radius 2 is 1.52 bits per heavy atom. The highest BCUT2D eigenvalue weighted by Gasteiger charge is 2.72. The van der Waals surface area contributed by atoms with Crippen molar-refractivity contribution in [1.82, 2.24) is 0 Å². The summed E-state index contributed by atoms with van der Waals surface area (Å²) < 4.78 is 27.5. The molecule has 0 spiro atoms. The molecular weight excluding hydrogens is 428 g/mol. The molecule has 0 aromatic heterocycles. The molecule has 0 N–H and O–H groups in total. The molecule has 1 aliphatic heterocycles. The van der Waals surface area contributed by atoms with E-state index in [1.54, 1.807) is 0 Å². The van der Waals surface area contributed by atoms with Crippen molar-refractivity contribution >= 4 is 35.6 Å². The molecule has 31 heavy (non-hydrogen) atoms. The van der Waals surface area contributed by atoms with Crippen molar-refractivity contribution in [2.45, 2.75) is 43.8 Å². The highest BCUT2D eigenvalue weighted by molar-refractivity contribution is 7.99. The minimum absolute atomic E-state index is 0.0146. The van der Waals surface area contributed by atoms with Gasteiger partial charge in [-0.1, -0.05) is 30.0 Å². The second-order valence-electron chi connectivity index (χ2n) is 6.98. The minimum Gasteiger partial charge on any atom is -0.465 e. The molecule has 0 radical (unpaired) electrons. The first kappa shape index (κ1) is 22.8. The quantitative estimate of drug-likeness (QED) is 0.453. The van der Waals surface area contributed by atoms with E-state index in [9.17, 15) is 19.2 Å². The Kier molecular flexibility index (Phi) is 6.71. The molecule has 1 aliphatic carbocycles. The zero-order chi connectivity index (χ0) is 22.8. The van der Waals surface area contributed by atoms with E-state index >= 15 is 0 Å². The van der Waals surface area contributed by atoms with Crippen LogP contribution < -0.4 is 0 Å². The molecule has 166 valence electrons. The Hall–Kier alpha value is -2.85. The van der Waals surface area contributed by atoms with Crippen LogP contribution in [0.15, 0.2) is 46.7 Å². The van der Waals surface area contributed by atoms with Crippen LogP contribution in [-0.4, -0.2) is 41.7 Å². The van der Waals surface area contributed by atoms with Crippen LogP contribution in [0.1, 0.15) is 27.7 Å². The molecule has 9 nitrogen and oxygen atoms in total. The molecule has 2 aliphatic rings. The Morgan fingerprint density at radius 1 is 0.903 bits per heavy atom. The van der Waals surface area contributed by atoms with Gasteiger partial charge in [0.2, 0.25) is 5.79 Å². The third-order valence-corrected chi connectivity index (χ3v) is 5.74. The molecule has 3 unspecified atom stereocenters. The van der Waals surface area contributed by atoms with E-state index in [4.69, 9.17) is 23.7 Å². The number of ether oxygens (including phenoxy) is 5. The van der Waals surface area contributed by atoms with Crippen molar-refractivity contribution in [2.24, 2.45) is 11.8 Å². The van der Waals surface area contributed by atoms with Crippen LogP contribution in [-0.2, 0) is 42.9 Å². The third-order valence-electron chi connectivity index (χ3n) is 4.59. The van der Waals surface area contributed by atoms with E-state index in [-0.39, 0.29) is 18.1 Å². The first-order chi connectivity index (χ1) is 14.6. The van der Waals surface area contributed by atoms with Crippen LogP contribution in [0.4, 0.5) is 0 Å². The van der Waals surface area contributed by atoms with Crippen molar-refractivity contribution in [2.75, 3.05) is 6.61 Å². The van der Waals surface area contributed by atoms with Crippen molar-refractivity contribution in [3.05, 3.63) is 41.9 Å². The molecule has 1 aromatic carbocycles. The van der Waals surface area contributed by atoms with Crippen molar-refractivity contribution < 1.29 is 42.9 Å². The first-order valence-electron chi connectivity index (χ1n) is 9.47. The van der Waals surface area contributed by atoms with E-state index in [1.165, 1.54) is 39.5 Å². The number of hydrogen-bond acceptors (Lipinski definition) is 10. The molecule has 1 saturated heterocycles. The number of fused-ring (bicyclic) bond motifs is 1. The zero-order valence-corrected chi connectivity index (χ0v) is 18.2. The zero-order valence-electron chi connectivity index (χ0n) is 17.4. The van der Waals surface area contributed by atoms with Gasteiger partial charge in [0, 0.05) is 32.6 Å². The van der Waals surface area contributed by atoms with Crippen LogP contribution in [0.25, 0.3) is 0 Å². The van der Waals surface area contributed by atoms with Gasteiger partial charge in [0.15, 0.2) is 11.5 Å². The summed E-state index contributed by atoms with van der Waals surface area (Å²) >= 11 is 1.32. The Bertz CT molecular complexity index is 926. The summed E-state index contributed by atoms with van der Waals surface area (Å²) in [5.41, 5.74) is -0.621. The predicted octanol–water partition coefficient (Wildman–Crippen LogP) is 2.54. The summed E-state index contributed by atoms with van der Waals surface area (Å²) in [7, 11) is 0. The monoisotopic (exact) mass is 450 g/mol. The summed E-state index contributed by atoms with van der Waals surface area (Å²) in [6.07, 6.45) is 0. The molecule has 0 amide bonds. The van der Waals surface area contributed by atoms with Crippen LogP contribution in [0.2, 0.25) is 0 Å². The number of esters is 4. The lowest BCUT2D eigenvalue weighted by atomic mass is 9.88. The number of hydrogen-bond donors (Lipinski definition) is 0. The smallest absolute Gasteiger partial charge is 0.307 e. The SMILES string of the molecule is CC(=O)OCC1C(OC(C)=O)=C(OC(C)=O)C2[C@@H](Sc3ccccc3)OC12OC(C)=O. The lowest BCUT2D eigenvalue weighted by Crippen LogP contribution is -2.63. The van der Waals surface area contributed by atoms with Gasteiger partial charge in [-0.25, -0.2) is 0 Å². The van der Waals surface area contributed by atoms with Crippen molar-refractivity contribution in [3.63, 3.8) is 0 Å². The van der Waals surface area contributed by atoms with Gasteiger partial charge in [-0.3, -0.25) is 19.2 Å². The van der Waals surface area contributed by atoms with Crippen LogP contribution in [0.3, 0.4) is 0 Å². The Morgan fingerprint density at radius 3 is 2.06 bits per heavy atom. The predicted molar refractivity (Wildman–Crippen MR) is 106 cm³/mol. The normalized spacial score (nSPS) is 26.4. The minimum atomic E-state index is -1.65. The highest BCUT2D eigenvalue weighted by atomic mass is 32.2. The molecule has 10 heteroatoms. The van der Waals surface area contributed by atoms with E-state index < -0.39 is 46.9 Å². The van der Waals surface area contributed by atoms with Gasteiger partial charge in [-0.15, -0.1) is 0 Å². The van der Waals surface area contributed by atoms with E-state index in [0.717, 1.165) is 4.90 Å². The summed E-state index contributed by atoms with van der Waals surface area (Å²) in [4.78, 5) is 47.9. The van der Waals surface area contributed by atoms with Gasteiger partial charge in [-0.2, -0.15) is 0 Å². The number of rotatable bonds is 7. The fourth-order valence-electron chi connectivity index (χ4n) is 3.60. The van der Waals surface area contributed by atoms with Gasteiger partial charge < -0.3 is 23.7 Å². The van der Waals surface area contributed by atoms with Gasteiger partial charge in [0.25, 0.3) is 0 Å². The van der Waals surface area contributed by atoms with Crippen LogP contribution in [0, 0.1) is 11.8 Å². The maximum atomic E-state index is 11.9. The van der Waals surface area contributed by atoms with E-state index in [0.29, 0.717) is 0 Å². The number of carbonyl (C=O) groups is 4. The maximum Gasteiger partial charge on any atom is 0.307 e. The van der Waals surface area contributed by atoms with Gasteiger partial charge in [0.1, 0.15) is 23.9 Å². The molecule has 1 fully saturated rings. The van der Waals surface area contributed by atoms with E-state index in [1.807, 2.05) is 30.3 Å². The standard InChI is InChI=1S/C21H22O9S/c1-11(22)26-10-16-18(27-12(2)23)19(28-13(3)24)17-20(30-21(16,17)29-14(4)25)31-15-8-6-5-7-9-15/h5-9,16-17,20H,10H2,1-4H3/t16?,17?,20-,21?/m1/s1. The maximum absolute atomic E-state index is 11.9. The molecule has 1 heterocycles. The second kappa shape index (κ2) is 9.11. The first-order valence-corrected chi connectivity index (χ1v) is 10.4.